The maximum Gasteiger partial charge on any atom is 0.246 e. The summed E-state index contributed by atoms with van der Waals surface area (Å²) >= 11 is 1.17. The summed E-state index contributed by atoms with van der Waals surface area (Å²) in [5.74, 6) is 0. The molecular weight excluding hydrogens is 320 g/mol. The molecule has 0 saturated carbocycles. The zero-order valence-electron chi connectivity index (χ0n) is 12.3. The second-order valence-corrected chi connectivity index (χ2v) is 7.79. The molecule has 0 radical (unpaired) electrons. The number of methoxy groups -OCH3 is 1. The largest absolute Gasteiger partial charge is 0.380 e. The second-order valence-electron chi connectivity index (χ2n) is 5.26. The van der Waals surface area contributed by atoms with Gasteiger partial charge in [-0.2, -0.15) is 8.68 Å². The molecule has 118 valence electrons. The van der Waals surface area contributed by atoms with E-state index in [4.69, 9.17) is 4.74 Å². The van der Waals surface area contributed by atoms with E-state index in [1.54, 1.807) is 12.5 Å². The Hall–Kier alpha value is -1.28. The fourth-order valence-corrected chi connectivity index (χ4v) is 5.32. The van der Waals surface area contributed by atoms with Crippen molar-refractivity contribution in [3.63, 3.8) is 0 Å². The van der Waals surface area contributed by atoms with Gasteiger partial charge in [0.1, 0.15) is 10.6 Å². The van der Waals surface area contributed by atoms with Crippen molar-refractivity contribution in [2.75, 3.05) is 20.2 Å². The number of benzene rings is 1. The first kappa shape index (κ1) is 15.6. The first-order chi connectivity index (χ1) is 10.6. The number of sulfonamides is 1. The van der Waals surface area contributed by atoms with E-state index in [-0.39, 0.29) is 6.10 Å². The minimum absolute atomic E-state index is 0.0321. The van der Waals surface area contributed by atoms with Crippen LogP contribution in [0.1, 0.15) is 12.8 Å². The predicted octanol–water partition coefficient (Wildman–Crippen LogP) is 2.61. The van der Waals surface area contributed by atoms with Crippen LogP contribution in [0.25, 0.3) is 11.3 Å². The van der Waals surface area contributed by atoms with Crippen LogP contribution in [0.4, 0.5) is 0 Å². The molecule has 0 amide bonds. The number of aromatic nitrogens is 1. The Morgan fingerprint density at radius 1 is 1.32 bits per heavy atom. The van der Waals surface area contributed by atoms with E-state index in [9.17, 15) is 8.42 Å². The molecule has 1 saturated heterocycles. The van der Waals surface area contributed by atoms with Crippen LogP contribution in [0.15, 0.2) is 40.6 Å². The van der Waals surface area contributed by atoms with Crippen molar-refractivity contribution in [2.45, 2.75) is 23.8 Å². The number of piperidine rings is 1. The molecule has 0 aliphatic carbocycles. The van der Waals surface area contributed by atoms with Gasteiger partial charge in [-0.25, -0.2) is 8.42 Å². The van der Waals surface area contributed by atoms with Crippen molar-refractivity contribution >= 4 is 21.6 Å². The molecule has 1 aliphatic heterocycles. The Balaban J connectivity index is 1.95. The quantitative estimate of drug-likeness (QED) is 0.860. The predicted molar refractivity (Wildman–Crippen MR) is 86.3 cm³/mol. The van der Waals surface area contributed by atoms with Crippen molar-refractivity contribution in [3.8, 4) is 11.3 Å². The summed E-state index contributed by atoms with van der Waals surface area (Å²) in [5.41, 5.74) is 1.35. The lowest BCUT2D eigenvalue weighted by Crippen LogP contribution is -2.42. The SMILES string of the molecule is CO[C@H]1CCCN(S(=O)(=O)c2csnc2-c2ccccc2)C1. The number of rotatable bonds is 4. The molecule has 7 heteroatoms. The Morgan fingerprint density at radius 2 is 2.09 bits per heavy atom. The van der Waals surface area contributed by atoms with Gasteiger partial charge in [0.2, 0.25) is 10.0 Å². The molecule has 2 aromatic rings. The fraction of sp³-hybridized carbons (Fsp3) is 0.400. The second kappa shape index (κ2) is 6.45. The van der Waals surface area contributed by atoms with Gasteiger partial charge in [-0.05, 0) is 24.4 Å². The highest BCUT2D eigenvalue weighted by Gasteiger charge is 2.33. The summed E-state index contributed by atoms with van der Waals surface area (Å²) in [4.78, 5) is 0.292. The lowest BCUT2D eigenvalue weighted by Gasteiger charge is -2.30. The van der Waals surface area contributed by atoms with E-state index in [0.717, 1.165) is 18.4 Å². The van der Waals surface area contributed by atoms with Crippen LogP contribution < -0.4 is 0 Å². The molecule has 22 heavy (non-hydrogen) atoms. The maximum absolute atomic E-state index is 12.9. The number of ether oxygens (including phenoxy) is 1. The monoisotopic (exact) mass is 338 g/mol. The standard InChI is InChI=1S/C15H18N2O3S2/c1-20-13-8-5-9-17(10-13)22(18,19)14-11-21-16-15(14)12-6-3-2-4-7-12/h2-4,6-7,11,13H,5,8-10H2,1H3/t13-/m0/s1. The van der Waals surface area contributed by atoms with Crippen molar-refractivity contribution in [1.29, 1.82) is 0 Å². The van der Waals surface area contributed by atoms with E-state index >= 15 is 0 Å². The Labute approximate surface area is 134 Å². The summed E-state index contributed by atoms with van der Waals surface area (Å²) in [7, 11) is -1.91. The van der Waals surface area contributed by atoms with Gasteiger partial charge in [-0.1, -0.05) is 30.3 Å². The smallest absolute Gasteiger partial charge is 0.246 e. The van der Waals surface area contributed by atoms with Gasteiger partial charge in [0.25, 0.3) is 0 Å². The lowest BCUT2D eigenvalue weighted by atomic mass is 10.1. The number of hydrogen-bond donors (Lipinski definition) is 0. The molecule has 0 N–H and O–H groups in total. The molecule has 1 atom stereocenters. The molecule has 1 aromatic heterocycles. The van der Waals surface area contributed by atoms with Crippen LogP contribution in [0, 0.1) is 0 Å². The van der Waals surface area contributed by atoms with E-state index in [0.29, 0.717) is 23.7 Å². The summed E-state index contributed by atoms with van der Waals surface area (Å²) in [6, 6.07) is 9.42. The zero-order chi connectivity index (χ0) is 15.6. The third-order valence-corrected chi connectivity index (χ3v) is 6.53. The van der Waals surface area contributed by atoms with E-state index < -0.39 is 10.0 Å². The molecule has 2 heterocycles. The minimum atomic E-state index is -3.54. The van der Waals surface area contributed by atoms with Gasteiger partial charge in [0, 0.05) is 31.1 Å². The average molecular weight is 338 g/mol. The lowest BCUT2D eigenvalue weighted by molar-refractivity contribution is 0.0572. The van der Waals surface area contributed by atoms with Crippen molar-refractivity contribution in [1.82, 2.24) is 8.68 Å². The molecular formula is C15H18N2O3S2. The first-order valence-corrected chi connectivity index (χ1v) is 9.43. The fourth-order valence-electron chi connectivity index (χ4n) is 2.66. The van der Waals surface area contributed by atoms with Crippen LogP contribution in [0.3, 0.4) is 0 Å². The summed E-state index contributed by atoms with van der Waals surface area (Å²) in [6.45, 7) is 0.940. The van der Waals surface area contributed by atoms with Crippen LogP contribution in [-0.2, 0) is 14.8 Å². The van der Waals surface area contributed by atoms with Gasteiger partial charge < -0.3 is 4.74 Å². The van der Waals surface area contributed by atoms with Gasteiger partial charge in [0.05, 0.1) is 6.10 Å². The molecule has 1 aliphatic rings. The van der Waals surface area contributed by atoms with E-state index in [2.05, 4.69) is 4.37 Å². The summed E-state index contributed by atoms with van der Waals surface area (Å²) in [5, 5.41) is 1.62. The van der Waals surface area contributed by atoms with Crippen molar-refractivity contribution in [2.24, 2.45) is 0 Å². The summed E-state index contributed by atoms with van der Waals surface area (Å²) in [6.07, 6.45) is 1.68. The van der Waals surface area contributed by atoms with Crippen LogP contribution in [0.2, 0.25) is 0 Å². The Morgan fingerprint density at radius 3 is 2.82 bits per heavy atom. The van der Waals surface area contributed by atoms with Crippen LogP contribution >= 0.6 is 11.5 Å². The highest BCUT2D eigenvalue weighted by molar-refractivity contribution is 7.89. The molecule has 1 aromatic carbocycles. The average Bonchev–Trinajstić information content (AvgIpc) is 3.06. The maximum atomic E-state index is 12.9. The number of nitrogens with zero attached hydrogens (tertiary/aromatic N) is 2. The van der Waals surface area contributed by atoms with Gasteiger partial charge >= 0.3 is 0 Å². The van der Waals surface area contributed by atoms with Crippen LogP contribution in [0.5, 0.6) is 0 Å². The van der Waals surface area contributed by atoms with Crippen molar-refractivity contribution in [3.05, 3.63) is 35.7 Å². The number of hydrogen-bond acceptors (Lipinski definition) is 5. The first-order valence-electron chi connectivity index (χ1n) is 7.15. The molecule has 0 unspecified atom stereocenters. The highest BCUT2D eigenvalue weighted by Crippen LogP contribution is 2.31. The molecule has 5 nitrogen and oxygen atoms in total. The molecule has 0 bridgehead atoms. The van der Waals surface area contributed by atoms with Crippen LogP contribution in [-0.4, -0.2) is 43.4 Å². The highest BCUT2D eigenvalue weighted by atomic mass is 32.2. The van der Waals surface area contributed by atoms with Gasteiger partial charge in [-0.15, -0.1) is 0 Å². The van der Waals surface area contributed by atoms with E-state index in [1.807, 2.05) is 30.3 Å². The minimum Gasteiger partial charge on any atom is -0.380 e. The molecule has 3 rings (SSSR count). The normalized spacial score (nSPS) is 20.1. The Kier molecular flexibility index (Phi) is 4.58. The third kappa shape index (κ3) is 2.94. The zero-order valence-corrected chi connectivity index (χ0v) is 13.9. The topological polar surface area (TPSA) is 59.5 Å². The van der Waals surface area contributed by atoms with Crippen molar-refractivity contribution < 1.29 is 13.2 Å². The van der Waals surface area contributed by atoms with Gasteiger partial charge in [-0.3, -0.25) is 0 Å². The molecule has 0 spiro atoms. The molecule has 1 fully saturated rings. The Bertz CT molecular complexity index is 728. The van der Waals surface area contributed by atoms with E-state index in [1.165, 1.54) is 15.8 Å². The van der Waals surface area contributed by atoms with Gasteiger partial charge in [0.15, 0.2) is 0 Å². The summed E-state index contributed by atoms with van der Waals surface area (Å²) < 4.78 is 37.0. The third-order valence-electron chi connectivity index (χ3n) is 3.88.